The van der Waals surface area contributed by atoms with Crippen molar-refractivity contribution < 1.29 is 39.3 Å². The predicted octanol–water partition coefficient (Wildman–Crippen LogP) is 1.26. The van der Waals surface area contributed by atoms with Gasteiger partial charge in [0.15, 0.2) is 11.4 Å². The second-order valence-corrected chi connectivity index (χ2v) is 10.0. The van der Waals surface area contributed by atoms with Crippen molar-refractivity contribution in [1.82, 2.24) is 5.16 Å². The molecule has 1 saturated carbocycles. The number of phenols is 1. The zero-order chi connectivity index (χ0) is 26.8. The molecule has 1 aromatic carbocycles. The van der Waals surface area contributed by atoms with Gasteiger partial charge < -0.3 is 35.6 Å². The number of aromatic nitrogens is 1. The number of carbonyl (C=O) groups is 3. The highest BCUT2D eigenvalue weighted by Crippen LogP contribution is 2.53. The van der Waals surface area contributed by atoms with E-state index in [9.17, 15) is 34.8 Å². The maximum Gasteiger partial charge on any atom is 0.255 e. The highest BCUT2D eigenvalue weighted by atomic mass is 16.5. The van der Waals surface area contributed by atoms with Gasteiger partial charge in [-0.25, -0.2) is 0 Å². The molecular weight excluding hydrogens is 482 g/mol. The Hall–Kier alpha value is -4.12. The van der Waals surface area contributed by atoms with E-state index in [-0.39, 0.29) is 36.1 Å². The van der Waals surface area contributed by atoms with E-state index < -0.39 is 52.0 Å². The van der Waals surface area contributed by atoms with E-state index in [2.05, 4.69) is 5.16 Å². The Morgan fingerprint density at radius 3 is 2.57 bits per heavy atom. The van der Waals surface area contributed by atoms with Crippen LogP contribution in [0.25, 0.3) is 5.76 Å². The van der Waals surface area contributed by atoms with Crippen LogP contribution >= 0.6 is 0 Å². The maximum absolute atomic E-state index is 13.7. The largest absolute Gasteiger partial charge is 0.508 e. The van der Waals surface area contributed by atoms with E-state index in [1.54, 1.807) is 6.07 Å². The number of ketones is 2. The average Bonchev–Trinajstić information content (AvgIpc) is 3.34. The van der Waals surface area contributed by atoms with Gasteiger partial charge in [0.05, 0.1) is 11.3 Å². The van der Waals surface area contributed by atoms with E-state index in [4.69, 9.17) is 10.3 Å². The van der Waals surface area contributed by atoms with Gasteiger partial charge in [-0.1, -0.05) is 5.16 Å². The first-order valence-corrected chi connectivity index (χ1v) is 11.9. The molecule has 1 aromatic heterocycles. The molecule has 2 aromatic rings. The van der Waals surface area contributed by atoms with Crippen molar-refractivity contribution in [2.75, 3.05) is 19.0 Å². The lowest BCUT2D eigenvalue weighted by atomic mass is 9.59. The summed E-state index contributed by atoms with van der Waals surface area (Å²) in [5.41, 5.74) is 4.31. The Labute approximate surface area is 211 Å². The molecule has 0 radical (unpaired) electrons. The van der Waals surface area contributed by atoms with Gasteiger partial charge in [-0.2, -0.15) is 0 Å². The van der Waals surface area contributed by atoms with E-state index >= 15 is 0 Å². The Morgan fingerprint density at radius 2 is 1.95 bits per heavy atom. The number of phenolic OH excluding ortho intramolecular Hbond substituents is 1. The molecule has 0 aliphatic heterocycles. The minimum atomic E-state index is -2.58. The van der Waals surface area contributed by atoms with Crippen LogP contribution in [0.15, 0.2) is 39.8 Å². The number of aryl methyl sites for hydroxylation is 2. The molecule has 5 rings (SSSR count). The summed E-state index contributed by atoms with van der Waals surface area (Å²) in [4.78, 5) is 39.8. The number of carbonyl (C=O) groups excluding carboxylic acids is 3. The topological polar surface area (TPSA) is 187 Å². The van der Waals surface area contributed by atoms with Crippen molar-refractivity contribution >= 4 is 28.9 Å². The number of hydrogen-bond donors (Lipinski definition) is 5. The molecule has 37 heavy (non-hydrogen) atoms. The molecule has 1 fully saturated rings. The van der Waals surface area contributed by atoms with Crippen LogP contribution in [0.2, 0.25) is 0 Å². The number of primary amides is 1. The Morgan fingerprint density at radius 1 is 1.22 bits per heavy atom. The monoisotopic (exact) mass is 509 g/mol. The molecule has 3 aliphatic rings. The molecule has 0 bridgehead atoms. The van der Waals surface area contributed by atoms with Gasteiger partial charge in [-0.15, -0.1) is 0 Å². The van der Waals surface area contributed by atoms with Crippen molar-refractivity contribution in [3.63, 3.8) is 0 Å². The first-order valence-electron chi connectivity index (χ1n) is 11.9. The molecule has 0 spiro atoms. The number of anilines is 1. The third kappa shape index (κ3) is 3.52. The first kappa shape index (κ1) is 24.6. The van der Waals surface area contributed by atoms with Gasteiger partial charge in [0.2, 0.25) is 5.78 Å². The number of nitrogens with two attached hydrogens (primary N) is 1. The number of fused-ring (bicyclic) bond motifs is 3. The normalized spacial score (nSPS) is 25.1. The van der Waals surface area contributed by atoms with Crippen LogP contribution in [0, 0.1) is 11.8 Å². The number of Topliss-reactive ketones (excluding diaryl/α,β-unsaturated/α-hetero) is 2. The van der Waals surface area contributed by atoms with E-state index in [0.29, 0.717) is 29.7 Å². The van der Waals surface area contributed by atoms with Crippen LogP contribution in [-0.4, -0.2) is 62.8 Å². The molecule has 1 amide bonds. The summed E-state index contributed by atoms with van der Waals surface area (Å²) in [5.74, 6) is -6.39. The Bertz CT molecular complexity index is 1410. The SMILES string of the molecule is CN(C)c1cc(CCc2ccon2)c(O)c2c1C[C@H]1C[C@H]3CC(=O)C(C(N)=O)=C(O)[C@@]3(O)C(=O)C1=C2O. The second-order valence-electron chi connectivity index (χ2n) is 10.0. The van der Waals surface area contributed by atoms with Crippen LogP contribution in [0.1, 0.15) is 35.2 Å². The second kappa shape index (κ2) is 8.48. The number of nitrogens with zero attached hydrogens (tertiary/aromatic N) is 2. The summed E-state index contributed by atoms with van der Waals surface area (Å²) in [5, 5.41) is 48.6. The van der Waals surface area contributed by atoms with Crippen LogP contribution in [-0.2, 0) is 33.6 Å². The highest BCUT2D eigenvalue weighted by Gasteiger charge is 2.60. The van der Waals surface area contributed by atoms with Crippen LogP contribution in [0.3, 0.4) is 0 Å². The fraction of sp³-hybridized carbons (Fsp3) is 0.385. The molecular formula is C26H27N3O8. The molecule has 3 aliphatic carbocycles. The lowest BCUT2D eigenvalue weighted by Gasteiger charge is -2.46. The van der Waals surface area contributed by atoms with Gasteiger partial charge in [0.1, 0.15) is 29.1 Å². The number of aliphatic hydroxyl groups is 3. The maximum atomic E-state index is 13.7. The lowest BCUT2D eigenvalue weighted by molar-refractivity contribution is -0.147. The third-order valence-corrected chi connectivity index (χ3v) is 7.74. The number of rotatable bonds is 5. The Kier molecular flexibility index (Phi) is 5.63. The van der Waals surface area contributed by atoms with Crippen LogP contribution < -0.4 is 10.6 Å². The quantitative estimate of drug-likeness (QED) is 0.367. The van der Waals surface area contributed by atoms with Gasteiger partial charge in [0, 0.05) is 43.8 Å². The van der Waals surface area contributed by atoms with Crippen molar-refractivity contribution in [3.8, 4) is 5.75 Å². The van der Waals surface area contributed by atoms with Crippen molar-refractivity contribution in [1.29, 1.82) is 0 Å². The smallest absolute Gasteiger partial charge is 0.255 e. The summed E-state index contributed by atoms with van der Waals surface area (Å²) < 4.78 is 4.86. The molecule has 6 N–H and O–H groups in total. The van der Waals surface area contributed by atoms with E-state index in [0.717, 1.165) is 5.69 Å². The number of hydrogen-bond acceptors (Lipinski definition) is 10. The summed E-state index contributed by atoms with van der Waals surface area (Å²) >= 11 is 0. The Balaban J connectivity index is 1.66. The summed E-state index contributed by atoms with van der Waals surface area (Å²) in [6, 6.07) is 3.53. The van der Waals surface area contributed by atoms with E-state index in [1.807, 2.05) is 25.1 Å². The number of amides is 1. The van der Waals surface area contributed by atoms with Gasteiger partial charge in [-0.05, 0) is 48.8 Å². The van der Waals surface area contributed by atoms with Crippen LogP contribution in [0.4, 0.5) is 5.69 Å². The molecule has 0 unspecified atom stereocenters. The molecule has 3 atom stereocenters. The fourth-order valence-corrected chi connectivity index (χ4v) is 5.94. The zero-order valence-electron chi connectivity index (χ0n) is 20.3. The third-order valence-electron chi connectivity index (χ3n) is 7.74. The number of aromatic hydroxyl groups is 1. The van der Waals surface area contributed by atoms with Crippen LogP contribution in [0.5, 0.6) is 5.75 Å². The predicted molar refractivity (Wildman–Crippen MR) is 130 cm³/mol. The average molecular weight is 510 g/mol. The van der Waals surface area contributed by atoms with Gasteiger partial charge >= 0.3 is 0 Å². The van der Waals surface area contributed by atoms with Crippen molar-refractivity contribution in [3.05, 3.63) is 57.7 Å². The molecule has 0 saturated heterocycles. The minimum Gasteiger partial charge on any atom is -0.508 e. The fourth-order valence-electron chi connectivity index (χ4n) is 5.94. The number of benzene rings is 1. The molecule has 194 valence electrons. The van der Waals surface area contributed by atoms with E-state index in [1.165, 1.54) is 6.26 Å². The molecule has 11 heteroatoms. The zero-order valence-corrected chi connectivity index (χ0v) is 20.3. The molecule has 11 nitrogen and oxygen atoms in total. The lowest BCUT2D eigenvalue weighted by Crippen LogP contribution is -2.58. The van der Waals surface area contributed by atoms with Gasteiger partial charge in [0.25, 0.3) is 5.91 Å². The summed E-state index contributed by atoms with van der Waals surface area (Å²) in [7, 11) is 3.65. The van der Waals surface area contributed by atoms with Crippen molar-refractivity contribution in [2.24, 2.45) is 17.6 Å². The van der Waals surface area contributed by atoms with Gasteiger partial charge in [-0.3, -0.25) is 14.4 Å². The summed E-state index contributed by atoms with van der Waals surface area (Å²) in [6.07, 6.45) is 2.26. The highest BCUT2D eigenvalue weighted by molar-refractivity contribution is 6.22. The first-order chi connectivity index (χ1) is 17.5. The van der Waals surface area contributed by atoms with Crippen molar-refractivity contribution in [2.45, 2.75) is 37.7 Å². The standard InChI is InChI=1S/C26H27N3O8/c1-29(2)16-9-11(3-4-14-5-6-37-28-14)21(31)19-15(16)8-12-7-13-10-17(30)20(25(27)35)24(34)26(13,36)23(33)18(12)22(19)32/h5-6,9,12-13,31-32,34,36H,3-4,7-8,10H2,1-2H3,(H2,27,35)/t12-,13+,26+/m1/s1. The summed E-state index contributed by atoms with van der Waals surface area (Å²) in [6.45, 7) is 0. The minimum absolute atomic E-state index is 0.0773. The molecule has 1 heterocycles. The number of aliphatic hydroxyl groups excluding tert-OH is 2.